The molecule has 0 fully saturated rings. The first-order valence-corrected chi connectivity index (χ1v) is 7.21. The maximum absolute atomic E-state index is 10.1. The molecule has 2 rings (SSSR count). The summed E-state index contributed by atoms with van der Waals surface area (Å²) in [6, 6.07) is 7.45. The van der Waals surface area contributed by atoms with Crippen molar-refractivity contribution >= 4 is 11.9 Å². The van der Waals surface area contributed by atoms with E-state index < -0.39 is 0 Å². The predicted molar refractivity (Wildman–Crippen MR) is 86.0 cm³/mol. The third-order valence-corrected chi connectivity index (χ3v) is 3.19. The number of pyridine rings is 1. The average molecular weight is 300 g/mol. The first-order valence-electron chi connectivity index (χ1n) is 7.21. The lowest BCUT2D eigenvalue weighted by Crippen LogP contribution is -1.98. The summed E-state index contributed by atoms with van der Waals surface area (Å²) in [5.41, 5.74) is 2.17. The van der Waals surface area contributed by atoms with Crippen LogP contribution in [-0.4, -0.2) is 28.0 Å². The highest BCUT2D eigenvalue weighted by Crippen LogP contribution is 2.28. The summed E-state index contributed by atoms with van der Waals surface area (Å²) in [6.07, 6.45) is 3.98. The molecule has 0 unspecified atom stereocenters. The zero-order valence-electron chi connectivity index (χ0n) is 12.8. The van der Waals surface area contributed by atoms with E-state index in [1.54, 1.807) is 6.92 Å². The zero-order valence-corrected chi connectivity index (χ0v) is 12.8. The number of aliphatic imine (C=N–C) groups is 1. The third-order valence-electron chi connectivity index (χ3n) is 3.19. The van der Waals surface area contributed by atoms with Crippen molar-refractivity contribution in [2.75, 3.05) is 6.61 Å². The summed E-state index contributed by atoms with van der Waals surface area (Å²) in [5, 5.41) is 19.5. The second kappa shape index (κ2) is 7.56. The van der Waals surface area contributed by atoms with Crippen LogP contribution in [0.3, 0.4) is 0 Å². The Morgan fingerprint density at radius 2 is 2.09 bits per heavy atom. The number of para-hydroxylation sites is 2. The summed E-state index contributed by atoms with van der Waals surface area (Å²) in [7, 11) is 0. The van der Waals surface area contributed by atoms with Crippen LogP contribution in [0.2, 0.25) is 0 Å². The van der Waals surface area contributed by atoms with Crippen LogP contribution in [-0.2, 0) is 6.61 Å². The van der Waals surface area contributed by atoms with Crippen molar-refractivity contribution in [1.29, 1.82) is 0 Å². The number of ether oxygens (including phenoxy) is 1. The Bertz CT molecular complexity index is 669. The maximum Gasteiger partial charge on any atom is 0.145 e. The van der Waals surface area contributed by atoms with E-state index in [1.165, 1.54) is 12.4 Å². The largest absolute Gasteiger partial charge is 0.505 e. The van der Waals surface area contributed by atoms with Crippen LogP contribution in [0.1, 0.15) is 30.2 Å². The first-order chi connectivity index (χ1) is 10.7. The topological polar surface area (TPSA) is 74.9 Å². The number of rotatable bonds is 6. The fraction of sp³-hybridized carbons (Fsp3) is 0.294. The van der Waals surface area contributed by atoms with Crippen molar-refractivity contribution in [2.45, 2.75) is 26.9 Å². The lowest BCUT2D eigenvalue weighted by Gasteiger charge is -2.09. The molecule has 1 aromatic carbocycles. The van der Waals surface area contributed by atoms with Crippen molar-refractivity contribution < 1.29 is 14.9 Å². The summed E-state index contributed by atoms with van der Waals surface area (Å²) in [5.74, 6) is 0.721. The minimum absolute atomic E-state index is 0.0299. The predicted octanol–water partition coefficient (Wildman–Crippen LogP) is 3.13. The quantitative estimate of drug-likeness (QED) is 0.804. The molecule has 0 saturated carbocycles. The first kappa shape index (κ1) is 16.0. The van der Waals surface area contributed by atoms with Gasteiger partial charge in [-0.05, 0) is 25.5 Å². The molecule has 5 nitrogen and oxygen atoms in total. The molecule has 0 saturated heterocycles. The Labute approximate surface area is 129 Å². The van der Waals surface area contributed by atoms with Crippen molar-refractivity contribution in [3.8, 4) is 11.5 Å². The molecule has 2 aromatic rings. The Morgan fingerprint density at radius 1 is 1.32 bits per heavy atom. The number of aliphatic hydroxyl groups is 1. The molecule has 0 atom stereocenters. The number of nitrogens with zero attached hydrogens (tertiary/aromatic N) is 2. The van der Waals surface area contributed by atoms with E-state index in [0.717, 1.165) is 6.42 Å². The van der Waals surface area contributed by atoms with Crippen LogP contribution >= 0.6 is 0 Å². The molecule has 1 aromatic heterocycles. The van der Waals surface area contributed by atoms with Gasteiger partial charge in [0, 0.05) is 23.5 Å². The monoisotopic (exact) mass is 300 g/mol. The molecule has 0 amide bonds. The summed E-state index contributed by atoms with van der Waals surface area (Å²) in [6.45, 7) is 4.15. The van der Waals surface area contributed by atoms with Gasteiger partial charge >= 0.3 is 0 Å². The number of hydrogen-bond donors (Lipinski definition) is 2. The minimum Gasteiger partial charge on any atom is -0.505 e. The molecule has 0 aliphatic carbocycles. The van der Waals surface area contributed by atoms with Gasteiger partial charge in [0.05, 0.1) is 18.9 Å². The average Bonchev–Trinajstić information content (AvgIpc) is 2.55. The molecule has 2 N–H and O–H groups in total. The Morgan fingerprint density at radius 3 is 2.82 bits per heavy atom. The van der Waals surface area contributed by atoms with Gasteiger partial charge in [0.25, 0.3) is 0 Å². The van der Waals surface area contributed by atoms with Crippen molar-refractivity contribution in [3.05, 3.63) is 47.3 Å². The van der Waals surface area contributed by atoms with Gasteiger partial charge < -0.3 is 14.9 Å². The Balaban J connectivity index is 2.35. The van der Waals surface area contributed by atoms with Gasteiger partial charge in [-0.3, -0.25) is 9.98 Å². The Hall–Kier alpha value is -2.40. The van der Waals surface area contributed by atoms with E-state index in [9.17, 15) is 10.2 Å². The van der Waals surface area contributed by atoms with Crippen LogP contribution < -0.4 is 4.74 Å². The van der Waals surface area contributed by atoms with Gasteiger partial charge in [-0.25, -0.2) is 0 Å². The molecule has 0 spiro atoms. The second-order valence-electron chi connectivity index (χ2n) is 4.86. The second-order valence-corrected chi connectivity index (χ2v) is 4.86. The molecule has 0 radical (unpaired) electrons. The summed E-state index contributed by atoms with van der Waals surface area (Å²) in [4.78, 5) is 8.42. The standard InChI is InChI=1S/C17H20N2O3/c1-3-8-22-16-7-5-4-6-15(16)19-10-14-13(11-20)9-18-12(2)17(14)21/h4-7,9-10,20-21H,3,8,11H2,1-2H3. The van der Waals surface area contributed by atoms with Crippen molar-refractivity contribution in [2.24, 2.45) is 4.99 Å². The van der Waals surface area contributed by atoms with Crippen molar-refractivity contribution in [1.82, 2.24) is 4.98 Å². The van der Waals surface area contributed by atoms with E-state index in [-0.39, 0.29) is 12.4 Å². The molecule has 0 aliphatic heterocycles. The minimum atomic E-state index is -0.212. The van der Waals surface area contributed by atoms with Gasteiger partial charge in [0.1, 0.15) is 17.2 Å². The van der Waals surface area contributed by atoms with E-state index in [0.29, 0.717) is 34.9 Å². The highest BCUT2D eigenvalue weighted by molar-refractivity contribution is 5.88. The van der Waals surface area contributed by atoms with E-state index in [4.69, 9.17) is 4.74 Å². The number of aromatic nitrogens is 1. The van der Waals surface area contributed by atoms with E-state index >= 15 is 0 Å². The van der Waals surface area contributed by atoms with Crippen LogP contribution in [0.4, 0.5) is 5.69 Å². The van der Waals surface area contributed by atoms with Gasteiger partial charge in [0.2, 0.25) is 0 Å². The van der Waals surface area contributed by atoms with Gasteiger partial charge in [-0.15, -0.1) is 0 Å². The smallest absolute Gasteiger partial charge is 0.145 e. The van der Waals surface area contributed by atoms with E-state index in [2.05, 4.69) is 9.98 Å². The maximum atomic E-state index is 10.1. The molecule has 0 aliphatic rings. The van der Waals surface area contributed by atoms with Crippen LogP contribution in [0, 0.1) is 6.92 Å². The summed E-state index contributed by atoms with van der Waals surface area (Å²) >= 11 is 0. The third kappa shape index (κ3) is 3.62. The number of hydrogen-bond acceptors (Lipinski definition) is 5. The zero-order chi connectivity index (χ0) is 15.9. The molecule has 22 heavy (non-hydrogen) atoms. The number of aryl methyl sites for hydroxylation is 1. The Kier molecular flexibility index (Phi) is 5.49. The number of benzene rings is 1. The van der Waals surface area contributed by atoms with Crippen LogP contribution in [0.15, 0.2) is 35.5 Å². The van der Waals surface area contributed by atoms with Gasteiger partial charge in [0.15, 0.2) is 0 Å². The van der Waals surface area contributed by atoms with Crippen LogP contribution in [0.5, 0.6) is 11.5 Å². The molecule has 0 bridgehead atoms. The van der Waals surface area contributed by atoms with Crippen molar-refractivity contribution in [3.63, 3.8) is 0 Å². The highest BCUT2D eigenvalue weighted by Gasteiger charge is 2.09. The van der Waals surface area contributed by atoms with Gasteiger partial charge in [-0.2, -0.15) is 0 Å². The molecule has 116 valence electrons. The molecular formula is C17H20N2O3. The normalized spacial score (nSPS) is 11.0. The van der Waals surface area contributed by atoms with Crippen LogP contribution in [0.25, 0.3) is 0 Å². The fourth-order valence-corrected chi connectivity index (χ4v) is 1.95. The number of aliphatic hydroxyl groups excluding tert-OH is 1. The highest BCUT2D eigenvalue weighted by atomic mass is 16.5. The molecule has 1 heterocycles. The molecular weight excluding hydrogens is 280 g/mol. The number of aromatic hydroxyl groups is 1. The lowest BCUT2D eigenvalue weighted by atomic mass is 10.1. The summed E-state index contributed by atoms with van der Waals surface area (Å²) < 4.78 is 5.65. The van der Waals surface area contributed by atoms with E-state index in [1.807, 2.05) is 31.2 Å². The SMILES string of the molecule is CCCOc1ccccc1N=Cc1c(CO)cnc(C)c1O. The fourth-order valence-electron chi connectivity index (χ4n) is 1.95. The molecule has 5 heteroatoms. The lowest BCUT2D eigenvalue weighted by molar-refractivity contribution is 0.280. The van der Waals surface area contributed by atoms with Gasteiger partial charge in [-0.1, -0.05) is 19.1 Å².